The zero-order valence-electron chi connectivity index (χ0n) is 14.4. The Morgan fingerprint density at radius 3 is 2.65 bits per heavy atom. The number of carbonyl (C=O) groups excluding carboxylic acids is 1. The van der Waals surface area contributed by atoms with E-state index in [-0.39, 0.29) is 12.1 Å². The standard InChI is InChI=1S/C18H27N3O2/c1-12-5-8-16(13-6-7-14(10-19)15(20)9-13)21(11-12)17(22)23-18(2,3)4/h6-7,9-10,12,16,19H,5,8,11,20H2,1-4H3/t12?,16-/m1/s1. The Bertz CT molecular complexity index is 592. The number of amides is 1. The number of hydrogen-bond donors (Lipinski definition) is 2. The fourth-order valence-corrected chi connectivity index (χ4v) is 2.95. The van der Waals surface area contributed by atoms with E-state index in [0.717, 1.165) is 18.4 Å². The first-order valence-electron chi connectivity index (χ1n) is 8.11. The maximum Gasteiger partial charge on any atom is 0.410 e. The van der Waals surface area contributed by atoms with Crippen molar-refractivity contribution in [3.63, 3.8) is 0 Å². The molecule has 5 heteroatoms. The van der Waals surface area contributed by atoms with E-state index in [9.17, 15) is 4.79 Å². The van der Waals surface area contributed by atoms with Gasteiger partial charge in [-0.25, -0.2) is 4.79 Å². The van der Waals surface area contributed by atoms with E-state index >= 15 is 0 Å². The third-order valence-corrected chi connectivity index (χ3v) is 4.10. The van der Waals surface area contributed by atoms with Crippen LogP contribution in [-0.2, 0) is 4.74 Å². The van der Waals surface area contributed by atoms with Crippen molar-refractivity contribution in [2.24, 2.45) is 5.92 Å². The Kier molecular flexibility index (Phi) is 4.97. The number of benzene rings is 1. The zero-order chi connectivity index (χ0) is 17.2. The van der Waals surface area contributed by atoms with Crippen molar-refractivity contribution in [2.45, 2.75) is 52.2 Å². The van der Waals surface area contributed by atoms with Gasteiger partial charge in [0, 0.05) is 24.0 Å². The zero-order valence-corrected chi connectivity index (χ0v) is 14.4. The molecule has 0 bridgehead atoms. The van der Waals surface area contributed by atoms with E-state index in [1.54, 1.807) is 0 Å². The Morgan fingerprint density at radius 2 is 2.09 bits per heavy atom. The predicted molar refractivity (Wildman–Crippen MR) is 92.8 cm³/mol. The topological polar surface area (TPSA) is 79.4 Å². The summed E-state index contributed by atoms with van der Waals surface area (Å²) in [4.78, 5) is 14.4. The summed E-state index contributed by atoms with van der Waals surface area (Å²) in [6.45, 7) is 8.48. The number of hydrogen-bond acceptors (Lipinski definition) is 4. The molecule has 2 atom stereocenters. The molecule has 1 aliphatic rings. The third-order valence-electron chi connectivity index (χ3n) is 4.10. The van der Waals surface area contributed by atoms with E-state index in [2.05, 4.69) is 6.92 Å². The monoisotopic (exact) mass is 317 g/mol. The Balaban J connectivity index is 2.28. The predicted octanol–water partition coefficient (Wildman–Crippen LogP) is 3.97. The molecule has 5 nitrogen and oxygen atoms in total. The first-order chi connectivity index (χ1) is 10.7. The summed E-state index contributed by atoms with van der Waals surface area (Å²) in [5.74, 6) is 0.456. The molecule has 1 aliphatic heterocycles. The number of rotatable bonds is 2. The van der Waals surface area contributed by atoms with Crippen molar-refractivity contribution in [1.82, 2.24) is 4.90 Å². The van der Waals surface area contributed by atoms with Crippen molar-refractivity contribution in [2.75, 3.05) is 12.3 Å². The van der Waals surface area contributed by atoms with Crippen LogP contribution in [0.25, 0.3) is 0 Å². The van der Waals surface area contributed by atoms with Gasteiger partial charge in [-0.2, -0.15) is 0 Å². The van der Waals surface area contributed by atoms with Crippen molar-refractivity contribution in [3.05, 3.63) is 29.3 Å². The van der Waals surface area contributed by atoms with Gasteiger partial charge in [0.25, 0.3) is 0 Å². The van der Waals surface area contributed by atoms with Crippen molar-refractivity contribution >= 4 is 18.0 Å². The van der Waals surface area contributed by atoms with Gasteiger partial charge in [0.2, 0.25) is 0 Å². The molecule has 1 unspecified atom stereocenters. The number of nitrogens with one attached hydrogen (secondary N) is 1. The molecule has 1 aromatic rings. The van der Waals surface area contributed by atoms with Crippen molar-refractivity contribution in [1.29, 1.82) is 5.41 Å². The van der Waals surface area contributed by atoms with Gasteiger partial charge in [-0.05, 0) is 51.2 Å². The molecule has 126 valence electrons. The second kappa shape index (κ2) is 6.60. The molecule has 0 radical (unpaired) electrons. The summed E-state index contributed by atoms with van der Waals surface area (Å²) in [6, 6.07) is 5.64. The minimum absolute atomic E-state index is 0.0249. The number of nitrogens with zero attached hydrogens (tertiary/aromatic N) is 1. The van der Waals surface area contributed by atoms with Gasteiger partial charge in [-0.1, -0.05) is 19.1 Å². The molecule has 1 aromatic carbocycles. The number of anilines is 1. The number of carbonyl (C=O) groups is 1. The number of nitrogens with two attached hydrogens (primary N) is 1. The van der Waals surface area contributed by atoms with E-state index in [4.69, 9.17) is 15.9 Å². The van der Waals surface area contributed by atoms with Crippen LogP contribution in [0.2, 0.25) is 0 Å². The first kappa shape index (κ1) is 17.3. The summed E-state index contributed by atoms with van der Waals surface area (Å²) in [5, 5.41) is 7.34. The molecule has 1 amide bonds. The molecule has 1 saturated heterocycles. The van der Waals surface area contributed by atoms with Crippen LogP contribution in [-0.4, -0.2) is 29.4 Å². The Morgan fingerprint density at radius 1 is 1.39 bits per heavy atom. The van der Waals surface area contributed by atoms with Crippen molar-refractivity contribution < 1.29 is 9.53 Å². The van der Waals surface area contributed by atoms with Crippen LogP contribution in [0.1, 0.15) is 57.7 Å². The van der Waals surface area contributed by atoms with E-state index in [1.807, 2.05) is 43.9 Å². The van der Waals surface area contributed by atoms with Crippen LogP contribution < -0.4 is 5.73 Å². The maximum atomic E-state index is 12.6. The minimum Gasteiger partial charge on any atom is -0.444 e. The average Bonchev–Trinajstić information content (AvgIpc) is 2.45. The molecule has 1 heterocycles. The summed E-state index contributed by atoms with van der Waals surface area (Å²) in [5.41, 5.74) is 7.77. The molecule has 0 saturated carbocycles. The van der Waals surface area contributed by atoms with E-state index in [0.29, 0.717) is 23.7 Å². The Labute approximate surface area is 138 Å². The smallest absolute Gasteiger partial charge is 0.410 e. The quantitative estimate of drug-likeness (QED) is 0.639. The van der Waals surface area contributed by atoms with Gasteiger partial charge in [0.05, 0.1) is 6.04 Å². The summed E-state index contributed by atoms with van der Waals surface area (Å²) in [7, 11) is 0. The highest BCUT2D eigenvalue weighted by atomic mass is 16.6. The lowest BCUT2D eigenvalue weighted by molar-refractivity contribution is 0.00364. The maximum absolute atomic E-state index is 12.6. The highest BCUT2D eigenvalue weighted by molar-refractivity contribution is 5.85. The number of nitrogen functional groups attached to an aromatic ring is 1. The fraction of sp³-hybridized carbons (Fsp3) is 0.556. The minimum atomic E-state index is -0.509. The summed E-state index contributed by atoms with van der Waals surface area (Å²) in [6.07, 6.45) is 2.93. The van der Waals surface area contributed by atoms with Gasteiger partial charge in [-0.3, -0.25) is 0 Å². The molecule has 0 aromatic heterocycles. The SMILES string of the molecule is CC1CC[C@H](c2ccc(C=N)c(N)c2)N(C(=O)OC(C)(C)C)C1. The number of likely N-dealkylation sites (tertiary alicyclic amines) is 1. The fourth-order valence-electron chi connectivity index (χ4n) is 2.95. The van der Waals surface area contributed by atoms with Gasteiger partial charge < -0.3 is 20.8 Å². The Hall–Kier alpha value is -2.04. The summed E-state index contributed by atoms with van der Waals surface area (Å²) >= 11 is 0. The van der Waals surface area contributed by atoms with Gasteiger partial charge in [0.1, 0.15) is 5.60 Å². The van der Waals surface area contributed by atoms with Crippen LogP contribution in [0.3, 0.4) is 0 Å². The highest BCUT2D eigenvalue weighted by Crippen LogP contribution is 2.35. The van der Waals surface area contributed by atoms with Crippen molar-refractivity contribution in [3.8, 4) is 0 Å². The van der Waals surface area contributed by atoms with E-state index in [1.165, 1.54) is 6.21 Å². The van der Waals surface area contributed by atoms with Crippen LogP contribution >= 0.6 is 0 Å². The van der Waals surface area contributed by atoms with Crippen LogP contribution in [0, 0.1) is 11.3 Å². The molecule has 1 fully saturated rings. The largest absolute Gasteiger partial charge is 0.444 e. The first-order valence-corrected chi connectivity index (χ1v) is 8.11. The van der Waals surface area contributed by atoms with Crippen LogP contribution in [0.5, 0.6) is 0 Å². The molecular formula is C18H27N3O2. The lowest BCUT2D eigenvalue weighted by atomic mass is 9.89. The average molecular weight is 317 g/mol. The third kappa shape index (κ3) is 4.24. The van der Waals surface area contributed by atoms with Gasteiger partial charge >= 0.3 is 6.09 Å². The molecular weight excluding hydrogens is 290 g/mol. The molecule has 3 N–H and O–H groups in total. The van der Waals surface area contributed by atoms with Gasteiger partial charge in [-0.15, -0.1) is 0 Å². The second-order valence-corrected chi connectivity index (χ2v) is 7.36. The van der Waals surface area contributed by atoms with Gasteiger partial charge in [0.15, 0.2) is 0 Å². The lowest BCUT2D eigenvalue weighted by Crippen LogP contribution is -2.44. The number of piperidine rings is 1. The van der Waals surface area contributed by atoms with Crippen LogP contribution in [0.15, 0.2) is 18.2 Å². The molecule has 0 spiro atoms. The lowest BCUT2D eigenvalue weighted by Gasteiger charge is -2.39. The molecule has 2 rings (SSSR count). The number of ether oxygens (including phenoxy) is 1. The highest BCUT2D eigenvalue weighted by Gasteiger charge is 2.34. The van der Waals surface area contributed by atoms with E-state index < -0.39 is 5.60 Å². The normalized spacial score (nSPS) is 21.8. The molecule has 23 heavy (non-hydrogen) atoms. The van der Waals surface area contributed by atoms with Crippen LogP contribution in [0.4, 0.5) is 10.5 Å². The second-order valence-electron chi connectivity index (χ2n) is 7.36. The molecule has 0 aliphatic carbocycles. The summed E-state index contributed by atoms with van der Waals surface area (Å²) < 4.78 is 5.57.